The fraction of sp³-hybridized carbons (Fsp3) is 0.333. The molecule has 4 N–H and O–H groups in total. The second kappa shape index (κ2) is 13.6. The zero-order valence-corrected chi connectivity index (χ0v) is 27.6. The maximum Gasteiger partial charge on any atom is 0.227 e. The van der Waals surface area contributed by atoms with E-state index in [-0.39, 0.29) is 11.5 Å². The maximum atomic E-state index is 11.5. The predicted octanol–water partition coefficient (Wildman–Crippen LogP) is 4.33. The molecule has 1 aliphatic heterocycles. The van der Waals surface area contributed by atoms with E-state index >= 15 is 0 Å². The maximum absolute atomic E-state index is 11.5. The van der Waals surface area contributed by atoms with E-state index in [0.717, 1.165) is 17.1 Å². The SMILES string of the molecule is Cc1ncc(-c2cnc(Nc3ccc(S(C)(=O)=O)cc3)nc2)n1C(C)C.OC[C@H]1O[C@@H](n2cnc3cc(Cl)c(Cl)cc32)[C@H](O)[C@@H]1O. The first kappa shape index (κ1) is 33.7. The number of rotatable bonds is 7. The Labute approximate surface area is 275 Å². The lowest BCUT2D eigenvalue weighted by Crippen LogP contribution is -2.33. The summed E-state index contributed by atoms with van der Waals surface area (Å²) in [6, 6.07) is 9.98. The highest BCUT2D eigenvalue weighted by molar-refractivity contribution is 7.90. The number of hydrogen-bond acceptors (Lipinski definition) is 11. The van der Waals surface area contributed by atoms with Gasteiger partial charge in [-0.1, -0.05) is 23.2 Å². The Hall–Kier alpha value is -3.63. The van der Waals surface area contributed by atoms with Crippen LogP contribution >= 0.6 is 23.2 Å². The molecule has 1 saturated heterocycles. The fourth-order valence-electron chi connectivity index (χ4n) is 5.09. The van der Waals surface area contributed by atoms with E-state index in [2.05, 4.69) is 43.7 Å². The highest BCUT2D eigenvalue weighted by Gasteiger charge is 2.43. The molecule has 0 saturated carbocycles. The first-order valence-electron chi connectivity index (χ1n) is 14.2. The summed E-state index contributed by atoms with van der Waals surface area (Å²) in [7, 11) is -3.21. The van der Waals surface area contributed by atoms with Crippen molar-refractivity contribution in [3.8, 4) is 11.3 Å². The molecule has 0 aliphatic carbocycles. The molecule has 4 atom stereocenters. The normalized spacial score (nSPS) is 19.8. The summed E-state index contributed by atoms with van der Waals surface area (Å²) >= 11 is 11.9. The summed E-state index contributed by atoms with van der Waals surface area (Å²) in [5.41, 5.74) is 3.79. The van der Waals surface area contributed by atoms with Crippen LogP contribution in [0.1, 0.15) is 31.9 Å². The van der Waals surface area contributed by atoms with Gasteiger partial charge in [0.2, 0.25) is 5.95 Å². The van der Waals surface area contributed by atoms with Crippen molar-refractivity contribution in [2.75, 3.05) is 18.2 Å². The van der Waals surface area contributed by atoms with E-state index < -0.39 is 34.4 Å². The number of aromatic nitrogens is 6. The number of hydrogen-bond donors (Lipinski definition) is 4. The molecular formula is C30H33Cl2N7O6S. The second-order valence-electron chi connectivity index (χ2n) is 11.0. The van der Waals surface area contributed by atoms with Crippen LogP contribution in [0.25, 0.3) is 22.3 Å². The number of benzene rings is 2. The van der Waals surface area contributed by atoms with E-state index in [9.17, 15) is 18.6 Å². The third-order valence-electron chi connectivity index (χ3n) is 7.39. The molecule has 1 fully saturated rings. The number of ether oxygens (including phenoxy) is 1. The molecule has 2 aromatic carbocycles. The molecule has 244 valence electrons. The van der Waals surface area contributed by atoms with Gasteiger partial charge in [-0.25, -0.2) is 28.4 Å². The van der Waals surface area contributed by atoms with Crippen molar-refractivity contribution in [3.63, 3.8) is 0 Å². The Morgan fingerprint density at radius 3 is 2.22 bits per heavy atom. The molecule has 13 nitrogen and oxygen atoms in total. The number of sulfone groups is 1. The molecule has 5 aromatic rings. The van der Waals surface area contributed by atoms with Gasteiger partial charge in [0, 0.05) is 35.9 Å². The van der Waals surface area contributed by atoms with Crippen LogP contribution < -0.4 is 5.32 Å². The number of aliphatic hydroxyl groups excluding tert-OH is 3. The van der Waals surface area contributed by atoms with Crippen LogP contribution in [0.5, 0.6) is 0 Å². The third kappa shape index (κ3) is 7.03. The average molecular weight is 691 g/mol. The first-order valence-corrected chi connectivity index (χ1v) is 16.8. The van der Waals surface area contributed by atoms with Crippen molar-refractivity contribution in [2.24, 2.45) is 0 Å². The lowest BCUT2D eigenvalue weighted by Gasteiger charge is -2.17. The summed E-state index contributed by atoms with van der Waals surface area (Å²) in [5.74, 6) is 1.39. The Morgan fingerprint density at radius 1 is 0.978 bits per heavy atom. The summed E-state index contributed by atoms with van der Waals surface area (Å²) in [5, 5.41) is 32.7. The number of fused-ring (bicyclic) bond motifs is 1. The number of imidazole rings is 2. The van der Waals surface area contributed by atoms with E-state index in [4.69, 9.17) is 33.0 Å². The van der Waals surface area contributed by atoms with Crippen molar-refractivity contribution in [2.45, 2.75) is 56.2 Å². The summed E-state index contributed by atoms with van der Waals surface area (Å²) < 4.78 is 32.1. The minimum Gasteiger partial charge on any atom is -0.394 e. The van der Waals surface area contributed by atoms with Crippen LogP contribution in [0.2, 0.25) is 10.0 Å². The van der Waals surface area contributed by atoms with E-state index in [1.807, 2.05) is 13.1 Å². The number of aliphatic hydroxyl groups is 3. The number of nitrogens with zero attached hydrogens (tertiary/aromatic N) is 6. The lowest BCUT2D eigenvalue weighted by molar-refractivity contribution is -0.0508. The Bertz CT molecular complexity index is 1930. The molecule has 4 heterocycles. The summed E-state index contributed by atoms with van der Waals surface area (Å²) in [4.78, 5) is 17.5. The zero-order chi connectivity index (χ0) is 33.3. The number of anilines is 2. The van der Waals surface area contributed by atoms with Gasteiger partial charge in [-0.3, -0.25) is 0 Å². The van der Waals surface area contributed by atoms with Gasteiger partial charge in [-0.15, -0.1) is 0 Å². The van der Waals surface area contributed by atoms with Crippen LogP contribution in [0, 0.1) is 6.92 Å². The molecule has 46 heavy (non-hydrogen) atoms. The topological polar surface area (TPSA) is 178 Å². The third-order valence-corrected chi connectivity index (χ3v) is 9.24. The fourth-order valence-corrected chi connectivity index (χ4v) is 6.04. The molecule has 0 spiro atoms. The van der Waals surface area contributed by atoms with Crippen molar-refractivity contribution < 1.29 is 28.5 Å². The minimum atomic E-state index is -3.21. The van der Waals surface area contributed by atoms with Gasteiger partial charge in [0.1, 0.15) is 24.1 Å². The molecular weight excluding hydrogens is 657 g/mol. The summed E-state index contributed by atoms with van der Waals surface area (Å²) in [6.07, 6.45) is 3.96. The van der Waals surface area contributed by atoms with Crippen molar-refractivity contribution in [1.29, 1.82) is 0 Å². The Kier molecular flexibility index (Phi) is 9.98. The van der Waals surface area contributed by atoms with Crippen molar-refractivity contribution >= 4 is 55.7 Å². The van der Waals surface area contributed by atoms with E-state index in [1.54, 1.807) is 53.4 Å². The monoisotopic (exact) mass is 689 g/mol. The second-order valence-corrected chi connectivity index (χ2v) is 13.8. The van der Waals surface area contributed by atoms with E-state index in [1.165, 1.54) is 12.6 Å². The molecule has 0 unspecified atom stereocenters. The van der Waals surface area contributed by atoms with Crippen LogP contribution in [0.15, 0.2) is 66.2 Å². The first-order chi connectivity index (χ1) is 21.8. The summed E-state index contributed by atoms with van der Waals surface area (Å²) in [6.45, 7) is 5.80. The van der Waals surface area contributed by atoms with Gasteiger partial charge in [-0.05, 0) is 57.2 Å². The van der Waals surface area contributed by atoms with E-state index in [0.29, 0.717) is 38.8 Å². The highest BCUT2D eigenvalue weighted by atomic mass is 35.5. The average Bonchev–Trinajstić information content (AvgIpc) is 3.68. The van der Waals surface area contributed by atoms with Crippen molar-refractivity contribution in [1.82, 2.24) is 29.1 Å². The Balaban J connectivity index is 0.000000187. The van der Waals surface area contributed by atoms with Crippen molar-refractivity contribution in [3.05, 3.63) is 77.2 Å². The number of nitrogens with one attached hydrogen (secondary N) is 1. The van der Waals surface area contributed by atoms with Crippen LogP contribution in [-0.4, -0.2) is 84.0 Å². The largest absolute Gasteiger partial charge is 0.394 e. The van der Waals surface area contributed by atoms with Gasteiger partial charge in [-0.2, -0.15) is 0 Å². The molecule has 0 radical (unpaired) electrons. The minimum absolute atomic E-state index is 0.275. The standard InChI is InChI=1S/C18H21N5O2S.C12H12Cl2N2O4/c1-12(2)23-13(3)19-11-17(23)14-9-20-18(21-10-14)22-15-5-7-16(8-6-15)26(4,24)25;13-5-1-7-8(2-6(5)14)16(4-15-7)12-11(19)10(18)9(3-17)20-12/h5-12H,1-4H3,(H,20,21,22);1-2,4,9-12,17-19H,3H2/t;9-,10-,11-,12-/m.1/s1. The highest BCUT2D eigenvalue weighted by Crippen LogP contribution is 2.34. The van der Waals surface area contributed by atoms with Crippen LogP contribution in [0.4, 0.5) is 11.6 Å². The number of halogens is 2. The molecule has 6 rings (SSSR count). The van der Waals surface area contributed by atoms with Crippen LogP contribution in [0.3, 0.4) is 0 Å². The molecule has 16 heteroatoms. The molecule has 0 bridgehead atoms. The number of aryl methyl sites for hydroxylation is 1. The van der Waals surface area contributed by atoms with Gasteiger partial charge in [0.15, 0.2) is 16.1 Å². The Morgan fingerprint density at radius 2 is 1.63 bits per heavy atom. The van der Waals surface area contributed by atoms with Gasteiger partial charge < -0.3 is 34.5 Å². The van der Waals surface area contributed by atoms with Gasteiger partial charge in [0.05, 0.1) is 50.8 Å². The molecule has 1 aliphatic rings. The van der Waals surface area contributed by atoms with Crippen LogP contribution in [-0.2, 0) is 14.6 Å². The predicted molar refractivity (Wildman–Crippen MR) is 174 cm³/mol. The quantitative estimate of drug-likeness (QED) is 0.191. The molecule has 3 aromatic heterocycles. The molecule has 0 amide bonds. The van der Waals surface area contributed by atoms with Gasteiger partial charge >= 0.3 is 0 Å². The lowest BCUT2D eigenvalue weighted by atomic mass is 10.1. The van der Waals surface area contributed by atoms with Gasteiger partial charge in [0.25, 0.3) is 0 Å². The zero-order valence-electron chi connectivity index (χ0n) is 25.3. The smallest absolute Gasteiger partial charge is 0.227 e.